The molecule has 5 rings (SSSR count). The van der Waals surface area contributed by atoms with Crippen LogP contribution in [-0.2, 0) is 19.6 Å². The highest BCUT2D eigenvalue weighted by Gasteiger charge is 2.59. The molecule has 1 saturated heterocycles. The van der Waals surface area contributed by atoms with Crippen molar-refractivity contribution in [2.45, 2.75) is 11.3 Å². The maximum atomic E-state index is 12.9. The Morgan fingerprint density at radius 3 is 1.97 bits per heavy atom. The zero-order valence-corrected chi connectivity index (χ0v) is 17.6. The number of hydrogen-bond acceptors (Lipinski definition) is 4. The zero-order valence-electron chi connectivity index (χ0n) is 15.2. The first-order valence-electron chi connectivity index (χ1n) is 9.30. The minimum absolute atomic E-state index is 0.0604. The third-order valence-electron chi connectivity index (χ3n) is 5.97. The number of carbonyl (C=O) groups excluding carboxylic acids is 2. The SMILES string of the molecule is O=C1[C@@H]2[C@H]3C=CC(C3)[C@@H]2C(=O)N1c1ccc(S(=O)(=O)Nc2ccc(Br)cc2)cc1. The summed E-state index contributed by atoms with van der Waals surface area (Å²) in [6, 6.07) is 12.6. The van der Waals surface area contributed by atoms with E-state index in [1.807, 2.05) is 12.2 Å². The van der Waals surface area contributed by atoms with Crippen molar-refractivity contribution in [3.63, 3.8) is 0 Å². The molecule has 3 aliphatic rings. The Balaban J connectivity index is 1.39. The first-order chi connectivity index (χ1) is 13.8. The average molecular weight is 473 g/mol. The number of nitrogens with zero attached hydrogens (tertiary/aromatic N) is 1. The van der Waals surface area contributed by atoms with Crippen molar-refractivity contribution in [1.82, 2.24) is 0 Å². The quantitative estimate of drug-likeness (QED) is 0.544. The number of allylic oxidation sites excluding steroid dienone is 2. The van der Waals surface area contributed by atoms with E-state index in [2.05, 4.69) is 20.7 Å². The third-order valence-corrected chi connectivity index (χ3v) is 7.90. The van der Waals surface area contributed by atoms with E-state index >= 15 is 0 Å². The van der Waals surface area contributed by atoms with Gasteiger partial charge in [0.2, 0.25) is 11.8 Å². The van der Waals surface area contributed by atoms with Crippen LogP contribution in [0.5, 0.6) is 0 Å². The Hall–Kier alpha value is -2.45. The van der Waals surface area contributed by atoms with Gasteiger partial charge in [-0.3, -0.25) is 19.2 Å². The summed E-state index contributed by atoms with van der Waals surface area (Å²) in [5.74, 6) is -0.636. The molecule has 1 saturated carbocycles. The molecule has 2 amide bonds. The van der Waals surface area contributed by atoms with Crippen LogP contribution in [0.4, 0.5) is 11.4 Å². The van der Waals surface area contributed by atoms with Crippen LogP contribution in [0.3, 0.4) is 0 Å². The van der Waals surface area contributed by atoms with Gasteiger partial charge < -0.3 is 0 Å². The second-order valence-corrected chi connectivity index (χ2v) is 10.2. The van der Waals surface area contributed by atoms with Crippen LogP contribution in [0.15, 0.2) is 70.1 Å². The summed E-state index contributed by atoms with van der Waals surface area (Å²) >= 11 is 3.31. The molecule has 2 aromatic rings. The Morgan fingerprint density at radius 2 is 1.41 bits per heavy atom. The highest BCUT2D eigenvalue weighted by atomic mass is 79.9. The monoisotopic (exact) mass is 472 g/mol. The number of anilines is 2. The number of halogens is 1. The number of nitrogens with one attached hydrogen (secondary N) is 1. The predicted molar refractivity (Wildman–Crippen MR) is 112 cm³/mol. The number of hydrogen-bond donors (Lipinski definition) is 1. The van der Waals surface area contributed by atoms with Crippen LogP contribution in [0.2, 0.25) is 0 Å². The van der Waals surface area contributed by atoms with E-state index in [9.17, 15) is 18.0 Å². The molecule has 1 aliphatic heterocycles. The summed E-state index contributed by atoms with van der Waals surface area (Å²) in [4.78, 5) is 27.0. The van der Waals surface area contributed by atoms with Crippen LogP contribution in [-0.4, -0.2) is 20.2 Å². The van der Waals surface area contributed by atoms with Crippen molar-refractivity contribution >= 4 is 49.1 Å². The van der Waals surface area contributed by atoms with Crippen molar-refractivity contribution < 1.29 is 18.0 Å². The number of amides is 2. The van der Waals surface area contributed by atoms with Crippen LogP contribution >= 0.6 is 15.9 Å². The lowest BCUT2D eigenvalue weighted by atomic mass is 9.85. The molecule has 2 fully saturated rings. The molecule has 1 N–H and O–H groups in total. The number of sulfonamides is 1. The molecule has 6 nitrogen and oxygen atoms in total. The Bertz CT molecular complexity index is 1110. The lowest BCUT2D eigenvalue weighted by Crippen LogP contribution is -2.32. The molecule has 2 aromatic carbocycles. The maximum absolute atomic E-state index is 12.9. The zero-order chi connectivity index (χ0) is 20.3. The largest absolute Gasteiger partial charge is 0.280 e. The Kier molecular flexibility index (Phi) is 4.18. The van der Waals surface area contributed by atoms with Crippen molar-refractivity contribution in [3.8, 4) is 0 Å². The smallest absolute Gasteiger partial charge is 0.261 e. The van der Waals surface area contributed by atoms with Gasteiger partial charge in [0.1, 0.15) is 0 Å². The third kappa shape index (κ3) is 2.93. The Morgan fingerprint density at radius 1 is 0.862 bits per heavy atom. The first-order valence-corrected chi connectivity index (χ1v) is 11.6. The van der Waals surface area contributed by atoms with E-state index in [1.54, 1.807) is 24.3 Å². The summed E-state index contributed by atoms with van der Waals surface area (Å²) in [6.07, 6.45) is 4.97. The molecule has 8 heteroatoms. The number of carbonyl (C=O) groups is 2. The molecule has 148 valence electrons. The van der Waals surface area contributed by atoms with Crippen molar-refractivity contribution in [1.29, 1.82) is 0 Å². The maximum Gasteiger partial charge on any atom is 0.261 e. The van der Waals surface area contributed by atoms with Crippen molar-refractivity contribution in [3.05, 3.63) is 65.2 Å². The van der Waals surface area contributed by atoms with Crippen LogP contribution in [0.1, 0.15) is 6.42 Å². The summed E-state index contributed by atoms with van der Waals surface area (Å²) < 4.78 is 28.6. The van der Waals surface area contributed by atoms with Gasteiger partial charge in [0, 0.05) is 10.2 Å². The lowest BCUT2D eigenvalue weighted by Gasteiger charge is -2.17. The second-order valence-electron chi connectivity index (χ2n) is 7.62. The normalized spacial score (nSPS) is 27.6. The van der Waals surface area contributed by atoms with Crippen LogP contribution in [0.25, 0.3) is 0 Å². The van der Waals surface area contributed by atoms with Crippen molar-refractivity contribution in [2.75, 3.05) is 9.62 Å². The molecule has 2 bridgehead atoms. The molecule has 1 heterocycles. The van der Waals surface area contributed by atoms with Gasteiger partial charge in [-0.2, -0.15) is 0 Å². The summed E-state index contributed by atoms with van der Waals surface area (Å²) in [6.45, 7) is 0. The van der Waals surface area contributed by atoms with Crippen LogP contribution in [0, 0.1) is 23.7 Å². The molecule has 4 atom stereocenters. The number of rotatable bonds is 4. The molecule has 29 heavy (non-hydrogen) atoms. The van der Waals surface area contributed by atoms with Gasteiger partial charge in [-0.1, -0.05) is 28.1 Å². The topological polar surface area (TPSA) is 83.6 Å². The minimum Gasteiger partial charge on any atom is -0.280 e. The molecule has 1 unspecified atom stereocenters. The van der Waals surface area contributed by atoms with Gasteiger partial charge in [0.25, 0.3) is 10.0 Å². The first kappa shape index (κ1) is 18.6. The molecule has 0 radical (unpaired) electrons. The number of fused-ring (bicyclic) bond motifs is 5. The molecular formula is C21H17BrN2O4S. The van der Waals surface area contributed by atoms with Gasteiger partial charge in [-0.15, -0.1) is 0 Å². The van der Waals surface area contributed by atoms with E-state index in [1.165, 1.54) is 29.2 Å². The predicted octanol–water partition coefficient (Wildman–Crippen LogP) is 3.56. The fraction of sp³-hybridized carbons (Fsp3) is 0.238. The highest BCUT2D eigenvalue weighted by molar-refractivity contribution is 9.10. The second kappa shape index (κ2) is 6.53. The Labute approximate surface area is 176 Å². The summed E-state index contributed by atoms with van der Waals surface area (Å²) in [5.41, 5.74) is 0.856. The minimum atomic E-state index is -3.78. The fourth-order valence-corrected chi connectivity index (χ4v) is 5.99. The highest BCUT2D eigenvalue weighted by Crippen LogP contribution is 2.53. The van der Waals surface area contributed by atoms with E-state index in [4.69, 9.17) is 0 Å². The van der Waals surface area contributed by atoms with Gasteiger partial charge in [0.15, 0.2) is 0 Å². The van der Waals surface area contributed by atoms with E-state index in [0.29, 0.717) is 11.4 Å². The fourth-order valence-electron chi connectivity index (χ4n) is 4.66. The molecule has 0 aromatic heterocycles. The van der Waals surface area contributed by atoms with E-state index in [-0.39, 0.29) is 40.4 Å². The van der Waals surface area contributed by atoms with Gasteiger partial charge in [0.05, 0.1) is 22.4 Å². The number of benzene rings is 2. The molecule has 0 spiro atoms. The van der Waals surface area contributed by atoms with Crippen LogP contribution < -0.4 is 9.62 Å². The summed E-state index contributed by atoms with van der Waals surface area (Å²) in [5, 5.41) is 0. The number of imide groups is 1. The van der Waals surface area contributed by atoms with Crippen molar-refractivity contribution in [2.24, 2.45) is 23.7 Å². The average Bonchev–Trinajstić information content (AvgIpc) is 3.37. The summed E-state index contributed by atoms with van der Waals surface area (Å²) in [7, 11) is -3.78. The van der Waals surface area contributed by atoms with Gasteiger partial charge in [-0.25, -0.2) is 8.42 Å². The molecule has 2 aliphatic carbocycles. The van der Waals surface area contributed by atoms with Gasteiger partial charge >= 0.3 is 0 Å². The molecular weight excluding hydrogens is 456 g/mol. The van der Waals surface area contributed by atoms with E-state index in [0.717, 1.165) is 10.9 Å². The van der Waals surface area contributed by atoms with Gasteiger partial charge in [-0.05, 0) is 66.8 Å². The standard InChI is InChI=1S/C21H17BrN2O4S/c22-14-3-5-15(6-4-14)23-29(27,28)17-9-7-16(8-10-17)24-20(25)18-12-1-2-13(11-12)19(18)21(24)26/h1-10,12-13,18-19,23H,11H2/t12-,13?,18+,19-/m0/s1. The lowest BCUT2D eigenvalue weighted by molar-refractivity contribution is -0.123. The van der Waals surface area contributed by atoms with E-state index < -0.39 is 10.0 Å².